The fourth-order valence-electron chi connectivity index (χ4n) is 3.11. The average molecular weight is 391 g/mol. The summed E-state index contributed by atoms with van der Waals surface area (Å²) in [6, 6.07) is 15.7. The molecule has 1 aliphatic carbocycles. The highest BCUT2D eigenvalue weighted by Gasteiger charge is 2.23. The minimum Gasteiger partial charge on any atom is -0.465 e. The first-order chi connectivity index (χ1) is 14.0. The van der Waals surface area contributed by atoms with Crippen molar-refractivity contribution < 1.29 is 19.2 Å². The van der Waals surface area contributed by atoms with Crippen LogP contribution in [0.25, 0.3) is 11.3 Å². The Labute approximate surface area is 167 Å². The topological polar surface area (TPSA) is 104 Å². The lowest BCUT2D eigenvalue weighted by Crippen LogP contribution is -2.25. The van der Waals surface area contributed by atoms with Crippen LogP contribution in [0.4, 0.5) is 10.5 Å². The molecule has 2 aromatic carbocycles. The van der Waals surface area contributed by atoms with Crippen molar-refractivity contribution in [2.45, 2.75) is 32.2 Å². The Kier molecular flexibility index (Phi) is 5.03. The van der Waals surface area contributed by atoms with E-state index in [9.17, 15) is 9.59 Å². The molecule has 2 amide bonds. The molecule has 0 atom stereocenters. The first-order valence-corrected chi connectivity index (χ1v) is 9.45. The second kappa shape index (κ2) is 7.79. The number of nitrogens with one attached hydrogen (secondary N) is 2. The lowest BCUT2D eigenvalue weighted by atomic mass is 10.0. The standard InChI is InChI=1S/C22H21N3O4/c1-13-19(24-22(27)28)20(25-29-13)16-6-2-14(3-7-16)12-15-4-8-17(9-5-15)21(26)23-18-10-11-18/h2-9,18,24H,10-12H2,1H3,(H,23,26)(H,27,28). The number of hydrogen-bond donors (Lipinski definition) is 3. The highest BCUT2D eigenvalue weighted by atomic mass is 16.5. The third-order valence-corrected chi connectivity index (χ3v) is 4.86. The summed E-state index contributed by atoms with van der Waals surface area (Å²) in [5, 5.41) is 18.3. The predicted octanol–water partition coefficient (Wildman–Crippen LogP) is 4.22. The van der Waals surface area contributed by atoms with Crippen molar-refractivity contribution in [3.63, 3.8) is 0 Å². The summed E-state index contributed by atoms with van der Waals surface area (Å²) in [5.74, 6) is 0.398. The minimum atomic E-state index is -1.16. The summed E-state index contributed by atoms with van der Waals surface area (Å²) in [5.41, 5.74) is 4.45. The van der Waals surface area contributed by atoms with Crippen LogP contribution in [0.5, 0.6) is 0 Å². The van der Waals surface area contributed by atoms with Gasteiger partial charge in [-0.15, -0.1) is 0 Å². The van der Waals surface area contributed by atoms with Crippen molar-refractivity contribution >= 4 is 17.7 Å². The Bertz CT molecular complexity index is 1030. The van der Waals surface area contributed by atoms with E-state index in [0.29, 0.717) is 28.7 Å². The fourth-order valence-corrected chi connectivity index (χ4v) is 3.11. The molecule has 1 aliphatic rings. The van der Waals surface area contributed by atoms with Crippen LogP contribution in [0.15, 0.2) is 53.1 Å². The molecule has 1 fully saturated rings. The maximum atomic E-state index is 12.1. The number of aryl methyl sites for hydroxylation is 1. The van der Waals surface area contributed by atoms with Crippen LogP contribution in [0, 0.1) is 6.92 Å². The highest BCUT2D eigenvalue weighted by molar-refractivity contribution is 5.94. The third kappa shape index (κ3) is 4.45. The van der Waals surface area contributed by atoms with Crippen LogP contribution in [0.2, 0.25) is 0 Å². The zero-order chi connectivity index (χ0) is 20.4. The number of amides is 2. The fraction of sp³-hybridized carbons (Fsp3) is 0.227. The summed E-state index contributed by atoms with van der Waals surface area (Å²) in [6.45, 7) is 1.66. The molecule has 0 saturated heterocycles. The number of carbonyl (C=O) groups is 2. The molecule has 1 heterocycles. The Morgan fingerprint density at radius 3 is 2.28 bits per heavy atom. The number of anilines is 1. The van der Waals surface area contributed by atoms with Crippen molar-refractivity contribution in [2.24, 2.45) is 0 Å². The second-order valence-electron chi connectivity index (χ2n) is 7.21. The van der Waals surface area contributed by atoms with Gasteiger partial charge in [-0.1, -0.05) is 41.6 Å². The number of nitrogens with zero attached hydrogens (tertiary/aromatic N) is 1. The quantitative estimate of drug-likeness (QED) is 0.583. The van der Waals surface area contributed by atoms with Gasteiger partial charge in [-0.3, -0.25) is 10.1 Å². The van der Waals surface area contributed by atoms with Gasteiger partial charge in [0.1, 0.15) is 11.4 Å². The molecule has 1 saturated carbocycles. The van der Waals surface area contributed by atoms with Crippen LogP contribution < -0.4 is 10.6 Å². The van der Waals surface area contributed by atoms with Gasteiger partial charge in [-0.25, -0.2) is 4.79 Å². The van der Waals surface area contributed by atoms with Crippen LogP contribution in [-0.2, 0) is 6.42 Å². The molecule has 0 spiro atoms. The van der Waals surface area contributed by atoms with E-state index in [-0.39, 0.29) is 5.91 Å². The maximum Gasteiger partial charge on any atom is 0.409 e. The van der Waals surface area contributed by atoms with E-state index in [0.717, 1.165) is 36.0 Å². The molecule has 1 aromatic heterocycles. The summed E-state index contributed by atoms with van der Waals surface area (Å²) in [6.07, 6.45) is 1.70. The molecular weight excluding hydrogens is 370 g/mol. The van der Waals surface area contributed by atoms with E-state index in [1.54, 1.807) is 6.92 Å². The lowest BCUT2D eigenvalue weighted by molar-refractivity contribution is 0.0951. The number of aromatic nitrogens is 1. The summed E-state index contributed by atoms with van der Waals surface area (Å²) < 4.78 is 5.13. The predicted molar refractivity (Wildman–Crippen MR) is 108 cm³/mol. The summed E-state index contributed by atoms with van der Waals surface area (Å²) in [4.78, 5) is 23.0. The normalized spacial score (nSPS) is 13.1. The largest absolute Gasteiger partial charge is 0.465 e. The van der Waals surface area contributed by atoms with E-state index in [1.165, 1.54) is 0 Å². The van der Waals surface area contributed by atoms with Crippen molar-refractivity contribution in [3.05, 3.63) is 71.0 Å². The molecule has 3 aromatic rings. The van der Waals surface area contributed by atoms with Gasteiger partial charge in [0.25, 0.3) is 5.91 Å². The molecule has 4 rings (SSSR count). The van der Waals surface area contributed by atoms with Crippen molar-refractivity contribution in [3.8, 4) is 11.3 Å². The Morgan fingerprint density at radius 1 is 1.07 bits per heavy atom. The smallest absolute Gasteiger partial charge is 0.409 e. The molecule has 7 nitrogen and oxygen atoms in total. The van der Waals surface area contributed by atoms with Gasteiger partial charge in [0.2, 0.25) is 0 Å². The molecule has 3 N–H and O–H groups in total. The first kappa shape index (κ1) is 18.7. The van der Waals surface area contributed by atoms with Crippen LogP contribution in [-0.4, -0.2) is 28.3 Å². The Balaban J connectivity index is 1.44. The van der Waals surface area contributed by atoms with Crippen LogP contribution in [0.1, 0.15) is 40.1 Å². The monoisotopic (exact) mass is 391 g/mol. The van der Waals surface area contributed by atoms with E-state index in [2.05, 4.69) is 15.8 Å². The van der Waals surface area contributed by atoms with Gasteiger partial charge in [0.05, 0.1) is 0 Å². The van der Waals surface area contributed by atoms with Crippen molar-refractivity contribution in [1.29, 1.82) is 0 Å². The van der Waals surface area contributed by atoms with E-state index in [1.807, 2.05) is 48.5 Å². The van der Waals surface area contributed by atoms with Gasteiger partial charge in [-0.05, 0) is 49.4 Å². The number of hydrogen-bond acceptors (Lipinski definition) is 4. The van der Waals surface area contributed by atoms with E-state index >= 15 is 0 Å². The van der Waals surface area contributed by atoms with Gasteiger partial charge in [0.15, 0.2) is 5.76 Å². The molecular formula is C22H21N3O4. The summed E-state index contributed by atoms with van der Waals surface area (Å²) >= 11 is 0. The Morgan fingerprint density at radius 2 is 1.69 bits per heavy atom. The number of carboxylic acid groups (broad SMARTS) is 1. The molecule has 0 aliphatic heterocycles. The van der Waals surface area contributed by atoms with Gasteiger partial charge < -0.3 is 14.9 Å². The molecule has 0 bridgehead atoms. The van der Waals surface area contributed by atoms with Crippen molar-refractivity contribution in [1.82, 2.24) is 10.5 Å². The SMILES string of the molecule is Cc1onc(-c2ccc(Cc3ccc(C(=O)NC4CC4)cc3)cc2)c1NC(=O)O. The minimum absolute atomic E-state index is 0.0166. The average Bonchev–Trinajstić information content (AvgIpc) is 3.45. The number of carbonyl (C=O) groups excluding carboxylic acids is 1. The van der Waals surface area contributed by atoms with Gasteiger partial charge in [0, 0.05) is 17.2 Å². The van der Waals surface area contributed by atoms with E-state index in [4.69, 9.17) is 9.63 Å². The molecule has 148 valence electrons. The first-order valence-electron chi connectivity index (χ1n) is 9.45. The maximum absolute atomic E-state index is 12.1. The van der Waals surface area contributed by atoms with Crippen molar-refractivity contribution in [2.75, 3.05) is 5.32 Å². The Hall–Kier alpha value is -3.61. The third-order valence-electron chi connectivity index (χ3n) is 4.86. The highest BCUT2D eigenvalue weighted by Crippen LogP contribution is 2.30. The molecule has 0 unspecified atom stereocenters. The zero-order valence-corrected chi connectivity index (χ0v) is 15.9. The van der Waals surface area contributed by atoms with E-state index < -0.39 is 6.09 Å². The summed E-state index contributed by atoms with van der Waals surface area (Å²) in [7, 11) is 0. The zero-order valence-electron chi connectivity index (χ0n) is 15.9. The van der Waals surface area contributed by atoms with Gasteiger partial charge >= 0.3 is 6.09 Å². The van der Waals surface area contributed by atoms with Crippen LogP contribution in [0.3, 0.4) is 0 Å². The van der Waals surface area contributed by atoms with Crippen LogP contribution >= 0.6 is 0 Å². The number of rotatable bonds is 6. The lowest BCUT2D eigenvalue weighted by Gasteiger charge is -2.07. The number of benzene rings is 2. The molecule has 7 heteroatoms. The second-order valence-corrected chi connectivity index (χ2v) is 7.21. The molecule has 0 radical (unpaired) electrons. The molecule has 29 heavy (non-hydrogen) atoms. The van der Waals surface area contributed by atoms with Gasteiger partial charge in [-0.2, -0.15) is 0 Å².